The van der Waals surface area contributed by atoms with Crippen LogP contribution in [0.3, 0.4) is 0 Å². The summed E-state index contributed by atoms with van der Waals surface area (Å²) in [6.07, 6.45) is 1.09. The summed E-state index contributed by atoms with van der Waals surface area (Å²) in [6.45, 7) is 5.52. The number of nitrogens with zero attached hydrogens (tertiary/aromatic N) is 4. The van der Waals surface area contributed by atoms with E-state index in [2.05, 4.69) is 86.1 Å². The molecule has 5 heteroatoms. The first-order chi connectivity index (χ1) is 14.4. The fraction of sp³-hybridized carbons (Fsp3) is 0.250. The van der Waals surface area contributed by atoms with E-state index < -0.39 is 0 Å². The quantitative estimate of drug-likeness (QED) is 0.485. The number of aromatic nitrogens is 2. The summed E-state index contributed by atoms with van der Waals surface area (Å²) in [6, 6.07) is 24.1. The summed E-state index contributed by atoms with van der Waals surface area (Å²) in [5.74, 6) is 0. The normalized spacial score (nSPS) is 15.1. The molecular weight excluding hydrogens is 376 g/mol. The maximum atomic E-state index is 4.14. The van der Waals surface area contributed by atoms with E-state index in [1.807, 2.05) is 5.38 Å². The van der Waals surface area contributed by atoms with Crippen LogP contribution < -0.4 is 4.90 Å². The van der Waals surface area contributed by atoms with Gasteiger partial charge in [-0.25, -0.2) is 0 Å². The first kappa shape index (κ1) is 18.3. The minimum absolute atomic E-state index is 0.964. The van der Waals surface area contributed by atoms with Crippen molar-refractivity contribution in [3.05, 3.63) is 77.7 Å². The van der Waals surface area contributed by atoms with Gasteiger partial charge in [-0.3, -0.25) is 4.90 Å². The Kier molecular flexibility index (Phi) is 5.24. The Hall–Kier alpha value is -2.76. The predicted molar refractivity (Wildman–Crippen MR) is 122 cm³/mol. The lowest BCUT2D eigenvalue weighted by Gasteiger charge is -2.36. The third-order valence-corrected chi connectivity index (χ3v) is 6.31. The van der Waals surface area contributed by atoms with Gasteiger partial charge in [0.15, 0.2) is 0 Å². The lowest BCUT2D eigenvalue weighted by molar-refractivity contribution is 0.261. The molecule has 1 aliphatic rings. The Labute approximate surface area is 175 Å². The average molecular weight is 401 g/mol. The summed E-state index contributed by atoms with van der Waals surface area (Å²) in [5, 5.41) is 8.82. The highest BCUT2D eigenvalue weighted by Crippen LogP contribution is 2.27. The molecule has 0 atom stereocenters. The van der Waals surface area contributed by atoms with Gasteiger partial charge in [0.25, 0.3) is 0 Å². The molecule has 0 saturated carbocycles. The predicted octanol–water partition coefficient (Wildman–Crippen LogP) is 4.72. The van der Waals surface area contributed by atoms with Crippen molar-refractivity contribution in [1.82, 2.24) is 14.5 Å². The van der Waals surface area contributed by atoms with Crippen LogP contribution in [0.1, 0.15) is 5.56 Å². The van der Waals surface area contributed by atoms with Crippen molar-refractivity contribution in [3.63, 3.8) is 0 Å². The Morgan fingerprint density at radius 2 is 1.62 bits per heavy atom. The van der Waals surface area contributed by atoms with Gasteiger partial charge in [0.2, 0.25) is 0 Å². The first-order valence-electron chi connectivity index (χ1n) is 10.2. The Balaban J connectivity index is 1.17. The second-order valence-electron chi connectivity index (χ2n) is 7.56. The maximum Gasteiger partial charge on any atom is 0.105 e. The van der Waals surface area contributed by atoms with E-state index in [0.717, 1.165) is 50.4 Å². The monoisotopic (exact) mass is 400 g/mol. The van der Waals surface area contributed by atoms with Crippen molar-refractivity contribution in [2.75, 3.05) is 37.6 Å². The second kappa shape index (κ2) is 8.31. The molecule has 0 N–H and O–H groups in total. The van der Waals surface area contributed by atoms with E-state index in [1.165, 1.54) is 33.6 Å². The first-order valence-corrected chi connectivity index (χ1v) is 11.0. The van der Waals surface area contributed by atoms with Gasteiger partial charge in [-0.2, -0.15) is 0 Å². The molecule has 0 unspecified atom stereocenters. The number of piperazine rings is 1. The van der Waals surface area contributed by atoms with Crippen LogP contribution in [0.25, 0.3) is 22.0 Å². The van der Waals surface area contributed by atoms with E-state index in [0.29, 0.717) is 0 Å². The van der Waals surface area contributed by atoms with E-state index >= 15 is 0 Å². The van der Waals surface area contributed by atoms with E-state index in [-0.39, 0.29) is 0 Å². The van der Waals surface area contributed by atoms with Crippen LogP contribution in [0.5, 0.6) is 0 Å². The van der Waals surface area contributed by atoms with Crippen molar-refractivity contribution >= 4 is 28.0 Å². The van der Waals surface area contributed by atoms with Gasteiger partial charge >= 0.3 is 0 Å². The number of hydrogen-bond acceptors (Lipinski definition) is 5. The molecule has 2 heterocycles. The fourth-order valence-electron chi connectivity index (χ4n) is 4.12. The van der Waals surface area contributed by atoms with Crippen LogP contribution in [-0.4, -0.2) is 47.2 Å². The van der Waals surface area contributed by atoms with Crippen LogP contribution >= 0.6 is 11.5 Å². The smallest absolute Gasteiger partial charge is 0.105 e. The zero-order valence-electron chi connectivity index (χ0n) is 16.4. The molecule has 1 fully saturated rings. The zero-order valence-corrected chi connectivity index (χ0v) is 17.2. The Morgan fingerprint density at radius 3 is 2.41 bits per heavy atom. The summed E-state index contributed by atoms with van der Waals surface area (Å²) in [4.78, 5) is 5.12. The van der Waals surface area contributed by atoms with Gasteiger partial charge < -0.3 is 4.90 Å². The van der Waals surface area contributed by atoms with Crippen molar-refractivity contribution < 1.29 is 0 Å². The molecule has 29 heavy (non-hydrogen) atoms. The van der Waals surface area contributed by atoms with Gasteiger partial charge in [0.1, 0.15) is 5.69 Å². The topological polar surface area (TPSA) is 32.3 Å². The van der Waals surface area contributed by atoms with Crippen molar-refractivity contribution in [1.29, 1.82) is 0 Å². The molecule has 1 aromatic heterocycles. The molecule has 1 saturated heterocycles. The summed E-state index contributed by atoms with van der Waals surface area (Å²) >= 11 is 1.39. The lowest BCUT2D eigenvalue weighted by atomic mass is 10.1. The van der Waals surface area contributed by atoms with Crippen LogP contribution in [0, 0.1) is 0 Å². The Morgan fingerprint density at radius 1 is 0.828 bits per heavy atom. The lowest BCUT2D eigenvalue weighted by Crippen LogP contribution is -2.47. The summed E-state index contributed by atoms with van der Waals surface area (Å²) in [5.41, 5.74) is 4.86. The van der Waals surface area contributed by atoms with Crippen molar-refractivity contribution in [2.45, 2.75) is 6.42 Å². The summed E-state index contributed by atoms with van der Waals surface area (Å²) in [7, 11) is 0. The number of fused-ring (bicyclic) bond motifs is 1. The highest BCUT2D eigenvalue weighted by Gasteiger charge is 2.18. The molecule has 4 nitrogen and oxygen atoms in total. The molecule has 0 radical (unpaired) electrons. The molecule has 5 rings (SSSR count). The molecule has 0 amide bonds. The minimum atomic E-state index is 0.964. The van der Waals surface area contributed by atoms with Gasteiger partial charge in [0, 0.05) is 54.7 Å². The van der Waals surface area contributed by atoms with E-state index in [1.54, 1.807) is 0 Å². The third kappa shape index (κ3) is 4.02. The fourth-order valence-corrected chi connectivity index (χ4v) is 4.58. The van der Waals surface area contributed by atoms with Crippen molar-refractivity contribution in [3.8, 4) is 11.3 Å². The van der Waals surface area contributed by atoms with Gasteiger partial charge in [0.05, 0.1) is 0 Å². The van der Waals surface area contributed by atoms with E-state index in [9.17, 15) is 0 Å². The standard InChI is InChI=1S/C24H24N4S/c1-2-6-22-20(4-1)5-3-7-24(22)28-16-14-27(15-17-28)13-12-19-8-10-21(11-9-19)23-18-29-26-25-23/h1-11,18H,12-17H2. The van der Waals surface area contributed by atoms with Crippen molar-refractivity contribution in [2.24, 2.45) is 0 Å². The molecule has 4 aromatic rings. The molecular formula is C24H24N4S. The van der Waals surface area contributed by atoms with E-state index in [4.69, 9.17) is 0 Å². The molecule has 0 spiro atoms. The molecule has 146 valence electrons. The van der Waals surface area contributed by atoms with Gasteiger partial charge in [-0.15, -0.1) is 5.10 Å². The van der Waals surface area contributed by atoms with Crippen LogP contribution in [0.2, 0.25) is 0 Å². The molecule has 0 bridgehead atoms. The minimum Gasteiger partial charge on any atom is -0.368 e. The SMILES string of the molecule is c1ccc2c(N3CCN(CCc4ccc(-c5csnn5)cc4)CC3)cccc2c1. The number of rotatable bonds is 5. The highest BCUT2D eigenvalue weighted by atomic mass is 32.1. The second-order valence-corrected chi connectivity index (χ2v) is 8.17. The van der Waals surface area contributed by atoms with Crippen LogP contribution in [0.15, 0.2) is 72.1 Å². The molecule has 3 aromatic carbocycles. The zero-order chi connectivity index (χ0) is 19.5. The molecule has 1 aliphatic heterocycles. The maximum absolute atomic E-state index is 4.14. The average Bonchev–Trinajstić information content (AvgIpc) is 3.33. The van der Waals surface area contributed by atoms with Crippen LogP contribution in [-0.2, 0) is 6.42 Å². The van der Waals surface area contributed by atoms with Gasteiger partial charge in [-0.1, -0.05) is 65.2 Å². The number of benzene rings is 3. The third-order valence-electron chi connectivity index (χ3n) is 5.81. The Bertz CT molecular complexity index is 1060. The summed E-state index contributed by atoms with van der Waals surface area (Å²) < 4.78 is 3.94. The number of hydrogen-bond donors (Lipinski definition) is 0. The molecule has 0 aliphatic carbocycles. The largest absolute Gasteiger partial charge is 0.368 e. The number of anilines is 1. The highest BCUT2D eigenvalue weighted by molar-refractivity contribution is 7.03. The van der Waals surface area contributed by atoms with Gasteiger partial charge in [-0.05, 0) is 35.0 Å². The van der Waals surface area contributed by atoms with Crippen LogP contribution in [0.4, 0.5) is 5.69 Å².